The van der Waals surface area contributed by atoms with Gasteiger partial charge in [0.1, 0.15) is 11.2 Å². The van der Waals surface area contributed by atoms with E-state index in [1.807, 2.05) is 72.8 Å². The van der Waals surface area contributed by atoms with Crippen molar-refractivity contribution in [1.29, 1.82) is 0 Å². The van der Waals surface area contributed by atoms with Crippen LogP contribution >= 0.6 is 0 Å². The quantitative estimate of drug-likeness (QED) is 0.149. The molecular weight excluding hydrogens is 771 g/mol. The lowest BCUT2D eigenvalue weighted by atomic mass is 9.96. The second kappa shape index (κ2) is 15.1. The van der Waals surface area contributed by atoms with Gasteiger partial charge in [0.15, 0.2) is 17.5 Å². The van der Waals surface area contributed by atoms with Gasteiger partial charge in [-0.2, -0.15) is 0 Å². The van der Waals surface area contributed by atoms with Gasteiger partial charge in [0, 0.05) is 54.9 Å². The highest BCUT2D eigenvalue weighted by atomic mass is 16.3. The average molecular weight is 806 g/mol. The van der Waals surface area contributed by atoms with Crippen molar-refractivity contribution in [1.82, 2.24) is 24.9 Å². The highest BCUT2D eigenvalue weighted by Gasteiger charge is 2.19. The predicted molar refractivity (Wildman–Crippen MR) is 256 cm³/mol. The molecule has 6 heteroatoms. The zero-order chi connectivity index (χ0) is 41.7. The molecule has 63 heavy (non-hydrogen) atoms. The summed E-state index contributed by atoms with van der Waals surface area (Å²) in [6.45, 7) is 0. The van der Waals surface area contributed by atoms with Crippen LogP contribution < -0.4 is 0 Å². The van der Waals surface area contributed by atoms with Crippen molar-refractivity contribution >= 4 is 43.7 Å². The maximum atomic E-state index is 6.61. The van der Waals surface area contributed by atoms with E-state index in [-0.39, 0.29) is 0 Å². The van der Waals surface area contributed by atoms with Crippen LogP contribution in [-0.4, -0.2) is 24.9 Å². The van der Waals surface area contributed by atoms with Crippen LogP contribution in [0.15, 0.2) is 217 Å². The lowest BCUT2D eigenvalue weighted by Crippen LogP contribution is -2.01. The fourth-order valence-electron chi connectivity index (χ4n) is 8.53. The Kier molecular flexibility index (Phi) is 8.71. The monoisotopic (exact) mass is 805 g/mol. The highest BCUT2D eigenvalue weighted by Crippen LogP contribution is 2.40. The summed E-state index contributed by atoms with van der Waals surface area (Å²) < 4.78 is 6.61. The molecule has 4 aromatic heterocycles. The van der Waals surface area contributed by atoms with Crippen LogP contribution in [0.2, 0.25) is 0 Å². The second-order valence-corrected chi connectivity index (χ2v) is 15.7. The minimum absolute atomic E-state index is 0.547. The van der Waals surface area contributed by atoms with Gasteiger partial charge in [-0.05, 0) is 53.1 Å². The number of benzene rings is 8. The first-order chi connectivity index (χ1) is 31.2. The molecule has 0 aliphatic carbocycles. The summed E-state index contributed by atoms with van der Waals surface area (Å²) in [4.78, 5) is 26.1. The molecule has 0 unspecified atom stereocenters. The lowest BCUT2D eigenvalue weighted by molar-refractivity contribution is 0.670. The smallest absolute Gasteiger partial charge is 0.164 e. The summed E-state index contributed by atoms with van der Waals surface area (Å²) in [5.41, 5.74) is 13.8. The maximum absolute atomic E-state index is 6.61. The number of furan rings is 1. The number of rotatable bonds is 7. The summed E-state index contributed by atoms with van der Waals surface area (Å²) in [7, 11) is 0. The Labute approximate surface area is 362 Å². The van der Waals surface area contributed by atoms with Crippen molar-refractivity contribution in [3.63, 3.8) is 0 Å². The first-order valence-electron chi connectivity index (χ1n) is 21.0. The largest absolute Gasteiger partial charge is 0.455 e. The van der Waals surface area contributed by atoms with Crippen molar-refractivity contribution in [3.8, 4) is 78.9 Å². The van der Waals surface area contributed by atoms with Gasteiger partial charge in [-0.25, -0.2) is 24.9 Å². The molecule has 12 aromatic rings. The van der Waals surface area contributed by atoms with Crippen LogP contribution in [0.1, 0.15) is 0 Å². The molecule has 12 rings (SSSR count). The number of para-hydroxylation sites is 2. The Bertz CT molecular complexity index is 3660. The van der Waals surface area contributed by atoms with Crippen molar-refractivity contribution in [2.24, 2.45) is 0 Å². The zero-order valence-corrected chi connectivity index (χ0v) is 33.9. The molecule has 294 valence electrons. The van der Waals surface area contributed by atoms with Gasteiger partial charge in [0.25, 0.3) is 0 Å². The number of hydrogen-bond acceptors (Lipinski definition) is 6. The Morgan fingerprint density at radius 3 is 1.41 bits per heavy atom. The summed E-state index contributed by atoms with van der Waals surface area (Å²) >= 11 is 0. The third kappa shape index (κ3) is 6.67. The molecule has 0 amide bonds. The van der Waals surface area contributed by atoms with Gasteiger partial charge in [0.05, 0.1) is 22.4 Å². The van der Waals surface area contributed by atoms with Crippen molar-refractivity contribution in [3.05, 3.63) is 212 Å². The molecule has 6 nitrogen and oxygen atoms in total. The van der Waals surface area contributed by atoms with Gasteiger partial charge in [-0.1, -0.05) is 176 Å². The molecule has 0 saturated carbocycles. The van der Waals surface area contributed by atoms with E-state index in [4.69, 9.17) is 29.3 Å². The molecule has 8 aromatic carbocycles. The van der Waals surface area contributed by atoms with Crippen LogP contribution in [0.25, 0.3) is 123 Å². The minimum atomic E-state index is 0.547. The molecule has 0 aliphatic rings. The van der Waals surface area contributed by atoms with Crippen molar-refractivity contribution in [2.45, 2.75) is 0 Å². The second-order valence-electron chi connectivity index (χ2n) is 15.7. The topological polar surface area (TPSA) is 77.6 Å². The van der Waals surface area contributed by atoms with Crippen LogP contribution in [0.4, 0.5) is 0 Å². The van der Waals surface area contributed by atoms with Gasteiger partial charge < -0.3 is 4.42 Å². The van der Waals surface area contributed by atoms with Crippen molar-refractivity contribution in [2.75, 3.05) is 0 Å². The van der Waals surface area contributed by atoms with E-state index in [0.717, 1.165) is 105 Å². The van der Waals surface area contributed by atoms with Crippen molar-refractivity contribution < 1.29 is 4.42 Å². The van der Waals surface area contributed by atoms with Crippen LogP contribution in [0, 0.1) is 0 Å². The lowest BCUT2D eigenvalue weighted by Gasteiger charge is -2.13. The zero-order valence-electron chi connectivity index (χ0n) is 33.9. The van der Waals surface area contributed by atoms with E-state index in [2.05, 4.69) is 140 Å². The number of fused-ring (bicyclic) bond motifs is 6. The molecular formula is C57H35N5O. The van der Waals surface area contributed by atoms with Crippen LogP contribution in [-0.2, 0) is 0 Å². The number of pyridine rings is 2. The van der Waals surface area contributed by atoms with Crippen LogP contribution in [0.3, 0.4) is 0 Å². The van der Waals surface area contributed by atoms with E-state index in [1.165, 1.54) is 0 Å². The third-order valence-electron chi connectivity index (χ3n) is 11.7. The Morgan fingerprint density at radius 2 is 0.746 bits per heavy atom. The molecule has 0 fully saturated rings. The standard InChI is InChI=1S/C57H35N5O/c1-4-13-36(14-5-1)37-23-27-42(28-24-37)56-60-55(41-17-8-3-9-18-41)61-57(62-56)45-34-43(46-20-12-21-48-47-19-10-11-22-51(47)63-54(46)48)33-44(35-45)50-32-30-40-26-25-39-29-31-49(38-15-6-2-7-16-38)58-52(39)53(40)59-50/h1-35H. The summed E-state index contributed by atoms with van der Waals surface area (Å²) in [5.74, 6) is 1.72. The maximum Gasteiger partial charge on any atom is 0.164 e. The third-order valence-corrected chi connectivity index (χ3v) is 11.7. The molecule has 0 bridgehead atoms. The molecule has 0 atom stereocenters. The van der Waals surface area contributed by atoms with Gasteiger partial charge >= 0.3 is 0 Å². The average Bonchev–Trinajstić information content (AvgIpc) is 3.76. The Hall–Kier alpha value is -8.61. The van der Waals surface area contributed by atoms with Gasteiger partial charge in [-0.3, -0.25) is 0 Å². The summed E-state index contributed by atoms with van der Waals surface area (Å²) in [5, 5.41) is 4.17. The number of aromatic nitrogens is 5. The van der Waals surface area contributed by atoms with Gasteiger partial charge in [-0.15, -0.1) is 0 Å². The van der Waals surface area contributed by atoms with E-state index >= 15 is 0 Å². The molecule has 0 saturated heterocycles. The molecule has 0 aliphatic heterocycles. The molecule has 0 N–H and O–H groups in total. The van der Waals surface area contributed by atoms with E-state index in [9.17, 15) is 0 Å². The normalized spacial score (nSPS) is 11.5. The first-order valence-corrected chi connectivity index (χ1v) is 21.0. The first kappa shape index (κ1) is 36.3. The summed E-state index contributed by atoms with van der Waals surface area (Å²) in [6.07, 6.45) is 0. The fraction of sp³-hybridized carbons (Fsp3) is 0. The number of nitrogens with zero attached hydrogens (tertiary/aromatic N) is 5. The van der Waals surface area contributed by atoms with Crippen LogP contribution in [0.5, 0.6) is 0 Å². The van der Waals surface area contributed by atoms with Gasteiger partial charge in [0.2, 0.25) is 0 Å². The Morgan fingerprint density at radius 1 is 0.286 bits per heavy atom. The minimum Gasteiger partial charge on any atom is -0.455 e. The fourth-order valence-corrected chi connectivity index (χ4v) is 8.53. The van der Waals surface area contributed by atoms with E-state index in [0.29, 0.717) is 17.5 Å². The van der Waals surface area contributed by atoms with E-state index < -0.39 is 0 Å². The molecule has 0 radical (unpaired) electrons. The molecule has 0 spiro atoms. The predicted octanol–water partition coefficient (Wildman–Crippen LogP) is 14.5. The highest BCUT2D eigenvalue weighted by molar-refractivity contribution is 6.10. The van der Waals surface area contributed by atoms with E-state index in [1.54, 1.807) is 0 Å². The number of hydrogen-bond donors (Lipinski definition) is 0. The summed E-state index contributed by atoms with van der Waals surface area (Å²) in [6, 6.07) is 72.8. The Balaban J connectivity index is 1.07. The SMILES string of the molecule is c1ccc(-c2ccc(-c3nc(-c4ccccc4)nc(-c4cc(-c5ccc6ccc7ccc(-c8ccccc8)nc7c6n5)cc(-c5cccc6c5oc5ccccc56)c4)n3)cc2)cc1. The molecule has 4 heterocycles.